The summed E-state index contributed by atoms with van der Waals surface area (Å²) in [5.41, 5.74) is 6.62. The van der Waals surface area contributed by atoms with Crippen LogP contribution in [0.15, 0.2) is 39.3 Å². The Hall–Kier alpha value is -0.490. The fraction of sp³-hybridized carbons (Fsp3) is 0.143. The van der Waals surface area contributed by atoms with Crippen LogP contribution in [0.2, 0.25) is 5.02 Å². The van der Waals surface area contributed by atoms with Gasteiger partial charge in [0.2, 0.25) is 0 Å². The molecule has 0 aromatic heterocycles. The smallest absolute Gasteiger partial charge is 0.143 e. The summed E-state index contributed by atoms with van der Waals surface area (Å²) in [7, 11) is 0. The van der Waals surface area contributed by atoms with Gasteiger partial charge in [-0.2, -0.15) is 0 Å². The Kier molecular flexibility index (Phi) is 5.18. The first-order chi connectivity index (χ1) is 9.40. The Labute approximate surface area is 137 Å². The van der Waals surface area contributed by atoms with E-state index in [0.717, 1.165) is 4.47 Å². The first-order valence-electron chi connectivity index (χ1n) is 5.73. The molecule has 6 heteroatoms. The van der Waals surface area contributed by atoms with Crippen molar-refractivity contribution in [2.75, 3.05) is 0 Å². The van der Waals surface area contributed by atoms with Gasteiger partial charge in [0.1, 0.15) is 11.6 Å². The van der Waals surface area contributed by atoms with Crippen molar-refractivity contribution in [1.82, 2.24) is 0 Å². The molecule has 1 nitrogen and oxygen atoms in total. The van der Waals surface area contributed by atoms with E-state index in [1.165, 1.54) is 12.1 Å². The molecule has 2 aromatic carbocycles. The molecule has 0 aliphatic heterocycles. The fourth-order valence-electron chi connectivity index (χ4n) is 1.88. The maximum Gasteiger partial charge on any atom is 0.143 e. The average Bonchev–Trinajstić information content (AvgIpc) is 2.41. The normalized spacial score (nSPS) is 12.5. The Morgan fingerprint density at radius 3 is 2.55 bits per heavy atom. The van der Waals surface area contributed by atoms with Crippen molar-refractivity contribution in [2.45, 2.75) is 12.5 Å². The third kappa shape index (κ3) is 3.39. The van der Waals surface area contributed by atoms with E-state index in [1.54, 1.807) is 18.2 Å². The van der Waals surface area contributed by atoms with E-state index in [-0.39, 0.29) is 16.5 Å². The van der Waals surface area contributed by atoms with Crippen molar-refractivity contribution in [3.8, 4) is 0 Å². The number of halogens is 5. The standard InChI is InChI=1S/C14H10Br2ClF2N/c15-7-1-3-11(17)8(5-7)13(20)6-9-12(18)4-2-10(16)14(9)19/h1-5,13H,6,20H2. The molecular weight excluding hydrogens is 415 g/mol. The fourth-order valence-corrected chi connectivity index (χ4v) is 2.89. The topological polar surface area (TPSA) is 26.0 Å². The van der Waals surface area contributed by atoms with Crippen LogP contribution in [-0.2, 0) is 6.42 Å². The molecule has 0 amide bonds. The maximum absolute atomic E-state index is 13.9. The van der Waals surface area contributed by atoms with Crippen LogP contribution in [-0.4, -0.2) is 0 Å². The highest BCUT2D eigenvalue weighted by molar-refractivity contribution is 9.10. The van der Waals surface area contributed by atoms with Crippen LogP contribution in [0, 0.1) is 11.6 Å². The lowest BCUT2D eigenvalue weighted by Crippen LogP contribution is -2.16. The molecule has 0 saturated carbocycles. The van der Waals surface area contributed by atoms with Crippen molar-refractivity contribution in [1.29, 1.82) is 0 Å². The highest BCUT2D eigenvalue weighted by Gasteiger charge is 2.18. The molecule has 0 heterocycles. The van der Waals surface area contributed by atoms with Gasteiger partial charge in [0.25, 0.3) is 0 Å². The van der Waals surface area contributed by atoms with E-state index < -0.39 is 17.7 Å². The van der Waals surface area contributed by atoms with Gasteiger partial charge in [-0.05, 0) is 58.2 Å². The van der Waals surface area contributed by atoms with Crippen LogP contribution in [0.25, 0.3) is 0 Å². The lowest BCUT2D eigenvalue weighted by atomic mass is 9.99. The van der Waals surface area contributed by atoms with E-state index >= 15 is 0 Å². The summed E-state index contributed by atoms with van der Waals surface area (Å²) >= 11 is 12.4. The van der Waals surface area contributed by atoms with Crippen molar-refractivity contribution in [3.63, 3.8) is 0 Å². The summed E-state index contributed by atoms with van der Waals surface area (Å²) in [6.07, 6.45) is 0.0211. The number of hydrogen-bond acceptors (Lipinski definition) is 1. The summed E-state index contributed by atoms with van der Waals surface area (Å²) in [6.45, 7) is 0. The number of hydrogen-bond donors (Lipinski definition) is 1. The van der Waals surface area contributed by atoms with Crippen molar-refractivity contribution in [2.24, 2.45) is 5.73 Å². The van der Waals surface area contributed by atoms with Gasteiger partial charge in [-0.15, -0.1) is 0 Å². The summed E-state index contributed by atoms with van der Waals surface area (Å²) < 4.78 is 28.7. The summed E-state index contributed by atoms with van der Waals surface area (Å²) in [6, 6.07) is 7.15. The molecule has 0 bridgehead atoms. The lowest BCUT2D eigenvalue weighted by Gasteiger charge is -2.15. The molecule has 2 N–H and O–H groups in total. The minimum absolute atomic E-state index is 0.0211. The van der Waals surface area contributed by atoms with Crippen LogP contribution in [0.3, 0.4) is 0 Å². The van der Waals surface area contributed by atoms with Gasteiger partial charge in [-0.1, -0.05) is 27.5 Å². The van der Waals surface area contributed by atoms with Crippen molar-refractivity contribution < 1.29 is 8.78 Å². The monoisotopic (exact) mass is 423 g/mol. The second-order valence-electron chi connectivity index (χ2n) is 4.30. The van der Waals surface area contributed by atoms with Crippen molar-refractivity contribution >= 4 is 43.5 Å². The van der Waals surface area contributed by atoms with Gasteiger partial charge in [-0.3, -0.25) is 0 Å². The largest absolute Gasteiger partial charge is 0.324 e. The molecule has 106 valence electrons. The molecule has 2 rings (SSSR count). The second kappa shape index (κ2) is 6.52. The predicted molar refractivity (Wildman–Crippen MR) is 83.8 cm³/mol. The summed E-state index contributed by atoms with van der Waals surface area (Å²) in [4.78, 5) is 0. The molecule has 0 radical (unpaired) electrons. The molecule has 1 unspecified atom stereocenters. The first-order valence-corrected chi connectivity index (χ1v) is 7.69. The Balaban J connectivity index is 2.35. The van der Waals surface area contributed by atoms with Gasteiger partial charge in [0.15, 0.2) is 0 Å². The quantitative estimate of drug-likeness (QED) is 0.656. The van der Waals surface area contributed by atoms with E-state index in [4.69, 9.17) is 17.3 Å². The molecule has 0 fully saturated rings. The van der Waals surface area contributed by atoms with Gasteiger partial charge in [-0.25, -0.2) is 8.78 Å². The highest BCUT2D eigenvalue weighted by atomic mass is 79.9. The number of nitrogens with two attached hydrogens (primary N) is 1. The molecule has 0 saturated heterocycles. The molecule has 20 heavy (non-hydrogen) atoms. The predicted octanol–water partition coefficient (Wildman–Crippen LogP) is 5.39. The molecule has 0 aliphatic carbocycles. The van der Waals surface area contributed by atoms with E-state index in [2.05, 4.69) is 31.9 Å². The summed E-state index contributed by atoms with van der Waals surface area (Å²) in [5.74, 6) is -1.25. The first kappa shape index (κ1) is 15.9. The van der Waals surface area contributed by atoms with Gasteiger partial charge >= 0.3 is 0 Å². The summed E-state index contributed by atoms with van der Waals surface area (Å²) in [5, 5.41) is 0.469. The maximum atomic E-state index is 13.9. The lowest BCUT2D eigenvalue weighted by molar-refractivity contribution is 0.536. The minimum atomic E-state index is -0.633. The van der Waals surface area contributed by atoms with Gasteiger partial charge in [0.05, 0.1) is 4.47 Å². The Morgan fingerprint density at radius 1 is 1.15 bits per heavy atom. The Bertz CT molecular complexity index is 649. The van der Waals surface area contributed by atoms with Crippen LogP contribution < -0.4 is 5.73 Å². The third-order valence-electron chi connectivity index (χ3n) is 2.92. The zero-order valence-electron chi connectivity index (χ0n) is 10.1. The van der Waals surface area contributed by atoms with Crippen LogP contribution in [0.1, 0.15) is 17.2 Å². The van der Waals surface area contributed by atoms with Gasteiger partial charge in [0, 0.05) is 21.1 Å². The minimum Gasteiger partial charge on any atom is -0.324 e. The Morgan fingerprint density at radius 2 is 1.85 bits per heavy atom. The van der Waals surface area contributed by atoms with Crippen molar-refractivity contribution in [3.05, 3.63) is 67.1 Å². The zero-order valence-corrected chi connectivity index (χ0v) is 14.1. The van der Waals surface area contributed by atoms with Crippen LogP contribution in [0.4, 0.5) is 8.78 Å². The molecule has 0 aliphatic rings. The SMILES string of the molecule is NC(Cc1c(F)ccc(Br)c1F)c1cc(Br)ccc1Cl. The second-order valence-corrected chi connectivity index (χ2v) is 6.48. The molecular formula is C14H10Br2ClF2N. The molecule has 1 atom stereocenters. The van der Waals surface area contributed by atoms with E-state index in [1.807, 2.05) is 0 Å². The number of benzene rings is 2. The number of rotatable bonds is 3. The van der Waals surface area contributed by atoms with E-state index in [0.29, 0.717) is 10.6 Å². The zero-order chi connectivity index (χ0) is 14.9. The van der Waals surface area contributed by atoms with E-state index in [9.17, 15) is 8.78 Å². The highest BCUT2D eigenvalue weighted by Crippen LogP contribution is 2.30. The van der Waals surface area contributed by atoms with Gasteiger partial charge < -0.3 is 5.73 Å². The average molecular weight is 425 g/mol. The third-order valence-corrected chi connectivity index (χ3v) is 4.37. The van der Waals surface area contributed by atoms with Crippen LogP contribution >= 0.6 is 43.5 Å². The molecule has 0 spiro atoms. The molecule has 2 aromatic rings. The van der Waals surface area contributed by atoms with Crippen LogP contribution in [0.5, 0.6) is 0 Å².